The fraction of sp³-hybridized carbons (Fsp3) is 0.375. The summed E-state index contributed by atoms with van der Waals surface area (Å²) in [5, 5.41) is 18.3. The van der Waals surface area contributed by atoms with E-state index in [1.807, 2.05) is 0 Å². The Hall–Kier alpha value is -0.750. The van der Waals surface area contributed by atoms with Gasteiger partial charge in [0.1, 0.15) is 11.4 Å². The molecule has 0 saturated carbocycles. The summed E-state index contributed by atoms with van der Waals surface area (Å²) in [7, 11) is 0. The Bertz CT molecular complexity index is 333. The van der Waals surface area contributed by atoms with Crippen molar-refractivity contribution in [2.24, 2.45) is 0 Å². The fourth-order valence-electron chi connectivity index (χ4n) is 1.01. The van der Waals surface area contributed by atoms with Gasteiger partial charge in [-0.15, -0.1) is 0 Å². The Labute approximate surface area is 87.5 Å². The van der Waals surface area contributed by atoms with Crippen molar-refractivity contribution in [1.29, 1.82) is 0 Å². The van der Waals surface area contributed by atoms with Crippen molar-refractivity contribution in [1.82, 2.24) is 4.98 Å². The summed E-state index contributed by atoms with van der Waals surface area (Å²) in [5.41, 5.74) is -0.280. The predicted molar refractivity (Wildman–Crippen MR) is 49.4 cm³/mol. The van der Waals surface area contributed by atoms with Gasteiger partial charge in [-0.05, 0) is 6.07 Å². The lowest BCUT2D eigenvalue weighted by Crippen LogP contribution is -1.99. The van der Waals surface area contributed by atoms with Gasteiger partial charge >= 0.3 is 0 Å². The average Bonchev–Trinajstić information content (AvgIpc) is 2.17. The van der Waals surface area contributed by atoms with E-state index in [0.717, 1.165) is 0 Å². The van der Waals surface area contributed by atoms with Crippen molar-refractivity contribution >= 4 is 15.9 Å². The summed E-state index contributed by atoms with van der Waals surface area (Å²) in [4.78, 5) is 3.43. The third-order valence-corrected chi connectivity index (χ3v) is 2.27. The summed E-state index contributed by atoms with van der Waals surface area (Å²) in [5.74, 6) is -0.519. The van der Waals surface area contributed by atoms with Crippen LogP contribution in [-0.4, -0.2) is 15.2 Å². The van der Waals surface area contributed by atoms with E-state index in [4.69, 9.17) is 5.11 Å². The number of aromatic nitrogens is 1. The van der Waals surface area contributed by atoms with Crippen molar-refractivity contribution in [3.63, 3.8) is 0 Å². The monoisotopic (exact) mass is 267 g/mol. The van der Waals surface area contributed by atoms with Crippen LogP contribution < -0.4 is 0 Å². The van der Waals surface area contributed by atoms with E-state index in [1.165, 1.54) is 6.07 Å². The molecule has 0 bridgehead atoms. The Morgan fingerprint density at radius 3 is 2.57 bits per heavy atom. The highest BCUT2D eigenvalue weighted by molar-refractivity contribution is 9.08. The van der Waals surface area contributed by atoms with Crippen molar-refractivity contribution in [2.45, 2.75) is 18.4 Å². The van der Waals surface area contributed by atoms with E-state index >= 15 is 0 Å². The number of alkyl halides is 3. The molecule has 0 aliphatic heterocycles. The highest BCUT2D eigenvalue weighted by Gasteiger charge is 2.18. The number of aliphatic hydroxyl groups is 1. The molecule has 1 aromatic rings. The van der Waals surface area contributed by atoms with Gasteiger partial charge in [0, 0.05) is 10.9 Å². The largest absolute Gasteiger partial charge is 0.505 e. The lowest BCUT2D eigenvalue weighted by atomic mass is 10.2. The van der Waals surface area contributed by atoms with Gasteiger partial charge in [-0.3, -0.25) is 0 Å². The topological polar surface area (TPSA) is 53.4 Å². The van der Waals surface area contributed by atoms with Gasteiger partial charge in [-0.2, -0.15) is 0 Å². The van der Waals surface area contributed by atoms with Crippen LogP contribution >= 0.6 is 15.9 Å². The Morgan fingerprint density at radius 1 is 1.50 bits per heavy atom. The van der Waals surface area contributed by atoms with Crippen LogP contribution in [-0.2, 0) is 11.9 Å². The maximum atomic E-state index is 12.3. The Morgan fingerprint density at radius 2 is 2.14 bits per heavy atom. The molecule has 0 atom stereocenters. The SMILES string of the molecule is OCc1cc(CBr)c(O)c(C(F)F)n1. The first-order valence-corrected chi connectivity index (χ1v) is 4.89. The van der Waals surface area contributed by atoms with Gasteiger partial charge in [0.05, 0.1) is 12.3 Å². The molecule has 0 radical (unpaired) electrons. The standard InChI is InChI=1S/C8H8BrF2NO2/c9-2-4-1-5(3-13)12-6(7(4)14)8(10)11/h1,8,13-14H,2-3H2. The number of aromatic hydroxyl groups is 1. The summed E-state index contributed by atoms with van der Waals surface area (Å²) in [6, 6.07) is 1.37. The first kappa shape index (κ1) is 11.3. The van der Waals surface area contributed by atoms with Gasteiger partial charge in [0.25, 0.3) is 6.43 Å². The minimum Gasteiger partial charge on any atom is -0.505 e. The number of pyridine rings is 1. The second-order valence-corrected chi connectivity index (χ2v) is 3.16. The number of nitrogens with zero attached hydrogens (tertiary/aromatic N) is 1. The smallest absolute Gasteiger partial charge is 0.284 e. The van der Waals surface area contributed by atoms with Crippen LogP contribution in [0, 0.1) is 0 Å². The van der Waals surface area contributed by atoms with Gasteiger partial charge < -0.3 is 10.2 Å². The molecule has 14 heavy (non-hydrogen) atoms. The lowest BCUT2D eigenvalue weighted by Gasteiger charge is -2.08. The molecule has 2 N–H and O–H groups in total. The van der Waals surface area contributed by atoms with Crippen molar-refractivity contribution in [3.8, 4) is 5.75 Å². The van der Waals surface area contributed by atoms with Crippen LogP contribution in [0.15, 0.2) is 6.07 Å². The fourth-order valence-corrected chi connectivity index (χ4v) is 1.44. The highest BCUT2D eigenvalue weighted by atomic mass is 79.9. The quantitative estimate of drug-likeness (QED) is 0.825. The zero-order valence-electron chi connectivity index (χ0n) is 7.04. The van der Waals surface area contributed by atoms with E-state index in [-0.39, 0.29) is 11.0 Å². The van der Waals surface area contributed by atoms with Crippen LogP contribution in [0.2, 0.25) is 0 Å². The summed E-state index contributed by atoms with van der Waals surface area (Å²) in [6.45, 7) is -0.431. The molecule has 1 rings (SSSR count). The van der Waals surface area contributed by atoms with Crippen molar-refractivity contribution in [3.05, 3.63) is 23.0 Å². The van der Waals surface area contributed by atoms with Gasteiger partial charge in [0.15, 0.2) is 0 Å². The molecule has 0 unspecified atom stereocenters. The van der Waals surface area contributed by atoms with Gasteiger partial charge in [-0.25, -0.2) is 13.8 Å². The second kappa shape index (κ2) is 4.65. The maximum Gasteiger partial charge on any atom is 0.284 e. The first-order valence-electron chi connectivity index (χ1n) is 3.76. The zero-order chi connectivity index (χ0) is 10.7. The molecular formula is C8H8BrF2NO2. The lowest BCUT2D eigenvalue weighted by molar-refractivity contribution is 0.140. The van der Waals surface area contributed by atoms with Crippen LogP contribution in [0.4, 0.5) is 8.78 Å². The molecule has 0 spiro atoms. The average molecular weight is 268 g/mol. The molecule has 3 nitrogen and oxygen atoms in total. The summed E-state index contributed by atoms with van der Waals surface area (Å²) >= 11 is 3.04. The van der Waals surface area contributed by atoms with Gasteiger partial charge in [0.2, 0.25) is 0 Å². The first-order chi connectivity index (χ1) is 6.60. The maximum absolute atomic E-state index is 12.3. The van der Waals surface area contributed by atoms with E-state index in [0.29, 0.717) is 5.56 Å². The van der Waals surface area contributed by atoms with Crippen LogP contribution in [0.1, 0.15) is 23.4 Å². The van der Waals surface area contributed by atoms with E-state index < -0.39 is 24.5 Å². The Balaban J connectivity index is 3.27. The number of hydrogen-bond donors (Lipinski definition) is 2. The number of hydrogen-bond acceptors (Lipinski definition) is 3. The molecule has 1 aromatic heterocycles. The molecule has 0 fully saturated rings. The molecule has 6 heteroatoms. The van der Waals surface area contributed by atoms with E-state index in [1.54, 1.807) is 0 Å². The third-order valence-electron chi connectivity index (χ3n) is 1.66. The molecule has 78 valence electrons. The van der Waals surface area contributed by atoms with Crippen molar-refractivity contribution in [2.75, 3.05) is 0 Å². The molecule has 0 saturated heterocycles. The van der Waals surface area contributed by atoms with Crippen LogP contribution in [0.25, 0.3) is 0 Å². The predicted octanol–water partition coefficient (Wildman–Crippen LogP) is 2.11. The number of aliphatic hydroxyl groups excluding tert-OH is 1. The number of halogens is 3. The Kier molecular flexibility index (Phi) is 3.77. The molecule has 0 amide bonds. The van der Waals surface area contributed by atoms with E-state index in [2.05, 4.69) is 20.9 Å². The third kappa shape index (κ3) is 2.19. The normalized spacial score (nSPS) is 10.9. The van der Waals surface area contributed by atoms with Crippen molar-refractivity contribution < 1.29 is 19.0 Å². The minimum absolute atomic E-state index is 0.118. The molecule has 0 aliphatic rings. The summed E-state index contributed by atoms with van der Waals surface area (Å²) < 4.78 is 24.7. The van der Waals surface area contributed by atoms with Gasteiger partial charge in [-0.1, -0.05) is 15.9 Å². The second-order valence-electron chi connectivity index (χ2n) is 2.60. The molecule has 0 aliphatic carbocycles. The van der Waals surface area contributed by atoms with Crippen LogP contribution in [0.5, 0.6) is 5.75 Å². The highest BCUT2D eigenvalue weighted by Crippen LogP contribution is 2.31. The molecular weight excluding hydrogens is 260 g/mol. The van der Waals surface area contributed by atoms with E-state index in [9.17, 15) is 13.9 Å². The number of rotatable bonds is 3. The minimum atomic E-state index is -2.85. The van der Waals surface area contributed by atoms with Crippen LogP contribution in [0.3, 0.4) is 0 Å². The molecule has 0 aromatic carbocycles. The summed E-state index contributed by atoms with van der Waals surface area (Å²) in [6.07, 6.45) is -2.85. The molecule has 1 heterocycles. The zero-order valence-corrected chi connectivity index (χ0v) is 8.63.